The summed E-state index contributed by atoms with van der Waals surface area (Å²) in [5.41, 5.74) is 2.49. The molecule has 1 aromatic carbocycles. The van der Waals surface area contributed by atoms with E-state index in [0.717, 1.165) is 48.8 Å². The van der Waals surface area contributed by atoms with E-state index in [1.165, 1.54) is 4.31 Å². The predicted octanol–water partition coefficient (Wildman–Crippen LogP) is 3.75. The van der Waals surface area contributed by atoms with Crippen LogP contribution in [0, 0.1) is 11.3 Å². The van der Waals surface area contributed by atoms with Crippen LogP contribution in [0.3, 0.4) is 0 Å². The van der Waals surface area contributed by atoms with E-state index in [0.29, 0.717) is 43.8 Å². The predicted molar refractivity (Wildman–Crippen MR) is 178 cm³/mol. The number of likely N-dealkylation sites (N-methyl/N-ethyl adjacent to an activating group) is 1. The van der Waals surface area contributed by atoms with Crippen molar-refractivity contribution in [1.82, 2.24) is 24.1 Å². The normalized spacial score (nSPS) is 24.0. The largest absolute Gasteiger partial charge is 0.461 e. The number of piperazine rings is 1. The topological polar surface area (TPSA) is 109 Å². The number of nitrogens with zero attached hydrogens (tertiary/aromatic N) is 8. The molecule has 3 atom stereocenters. The van der Waals surface area contributed by atoms with Crippen molar-refractivity contribution in [3.63, 3.8) is 0 Å². The number of halogens is 1. The van der Waals surface area contributed by atoms with Crippen LogP contribution in [0.5, 0.6) is 6.01 Å². The molecule has 1 saturated heterocycles. The molecule has 2 aliphatic heterocycles. The van der Waals surface area contributed by atoms with Gasteiger partial charge in [-0.2, -0.15) is 15.2 Å². The van der Waals surface area contributed by atoms with Gasteiger partial charge in [-0.3, -0.25) is 0 Å². The average molecular weight is 657 g/mol. The van der Waals surface area contributed by atoms with Gasteiger partial charge in [-0.05, 0) is 65.0 Å². The quantitative estimate of drug-likeness (QED) is 0.375. The minimum Gasteiger partial charge on any atom is -0.461 e. The molecule has 1 saturated carbocycles. The second kappa shape index (κ2) is 13.7. The molecule has 1 aliphatic carbocycles. The van der Waals surface area contributed by atoms with Crippen molar-refractivity contribution >= 4 is 33.1 Å². The highest BCUT2D eigenvalue weighted by molar-refractivity contribution is 7.89. The van der Waals surface area contributed by atoms with E-state index in [1.807, 2.05) is 51.4 Å². The minimum atomic E-state index is -3.39. The number of hydrogen-bond donors (Lipinski definition) is 0. The monoisotopic (exact) mass is 656 g/mol. The number of benzene rings is 1. The third-order valence-corrected chi connectivity index (χ3v) is 12.2. The van der Waals surface area contributed by atoms with E-state index < -0.39 is 20.8 Å². The van der Waals surface area contributed by atoms with Crippen LogP contribution in [0.25, 0.3) is 0 Å². The number of ether oxygens (including phenoxy) is 1. The third kappa shape index (κ3) is 6.87. The molecular weight excluding hydrogens is 612 g/mol. The van der Waals surface area contributed by atoms with Crippen molar-refractivity contribution in [2.24, 2.45) is 0 Å². The fourth-order valence-corrected chi connectivity index (χ4v) is 8.63. The van der Waals surface area contributed by atoms with Crippen molar-refractivity contribution in [1.29, 1.82) is 5.26 Å². The summed E-state index contributed by atoms with van der Waals surface area (Å²) >= 11 is 6.59. The molecule has 3 aliphatic rings. The molecule has 3 heterocycles. The van der Waals surface area contributed by atoms with Gasteiger partial charge in [-0.1, -0.05) is 29.8 Å². The Morgan fingerprint density at radius 1 is 1.16 bits per heavy atom. The van der Waals surface area contributed by atoms with Crippen molar-refractivity contribution in [3.8, 4) is 12.1 Å². The molecule has 5 rings (SSSR count). The summed E-state index contributed by atoms with van der Waals surface area (Å²) in [7, 11) is 3.76. The summed E-state index contributed by atoms with van der Waals surface area (Å²) < 4.78 is 33.8. The minimum absolute atomic E-state index is 0.0456. The lowest BCUT2D eigenvalue weighted by Gasteiger charge is -2.42. The van der Waals surface area contributed by atoms with E-state index in [-0.39, 0.29) is 18.7 Å². The zero-order valence-electron chi connectivity index (χ0n) is 27.0. The van der Waals surface area contributed by atoms with E-state index in [9.17, 15) is 13.7 Å². The number of allylic oxidation sites excluding steroid dienone is 1. The van der Waals surface area contributed by atoms with Gasteiger partial charge in [0, 0.05) is 45.8 Å². The Labute approximate surface area is 273 Å². The SMILES string of the molecule is CC=CN1CCN(c2nc(OCC3(N(C)C)CCC(S(=O)(=O)N(C)C)C3)nc3c2CCN(c2ccccc2Cl)C3)C[C@@H]1CC#N. The molecule has 0 bridgehead atoms. The first-order valence-electron chi connectivity index (χ1n) is 15.6. The second-order valence-electron chi connectivity index (χ2n) is 12.7. The van der Waals surface area contributed by atoms with Crippen LogP contribution in [0.4, 0.5) is 11.5 Å². The molecule has 0 N–H and O–H groups in total. The van der Waals surface area contributed by atoms with E-state index >= 15 is 0 Å². The lowest BCUT2D eigenvalue weighted by atomic mass is 9.97. The average Bonchev–Trinajstić information content (AvgIpc) is 3.48. The zero-order chi connectivity index (χ0) is 32.4. The van der Waals surface area contributed by atoms with Gasteiger partial charge in [0.05, 0.1) is 52.3 Å². The molecule has 0 amide bonds. The summed E-state index contributed by atoms with van der Waals surface area (Å²) in [6.45, 7) is 5.82. The molecule has 0 spiro atoms. The molecule has 2 aromatic rings. The molecule has 244 valence electrons. The number of nitriles is 1. The first-order chi connectivity index (χ1) is 21.5. The number of fused-ring (bicyclic) bond motifs is 1. The van der Waals surface area contributed by atoms with Crippen LogP contribution in [0.15, 0.2) is 36.5 Å². The number of hydrogen-bond acceptors (Lipinski definition) is 10. The summed E-state index contributed by atoms with van der Waals surface area (Å²) in [4.78, 5) is 18.8. The molecule has 13 heteroatoms. The van der Waals surface area contributed by atoms with E-state index in [4.69, 9.17) is 26.3 Å². The van der Waals surface area contributed by atoms with Crippen LogP contribution in [-0.2, 0) is 23.0 Å². The maximum atomic E-state index is 13.0. The maximum Gasteiger partial charge on any atom is 0.318 e. The number of aromatic nitrogens is 2. The summed E-state index contributed by atoms with van der Waals surface area (Å²) in [6.07, 6.45) is 6.98. The first kappa shape index (κ1) is 33.3. The fourth-order valence-electron chi connectivity index (χ4n) is 6.84. The Morgan fingerprint density at radius 2 is 1.93 bits per heavy atom. The molecule has 2 fully saturated rings. The third-order valence-electron chi connectivity index (χ3n) is 9.60. The van der Waals surface area contributed by atoms with Gasteiger partial charge in [0.2, 0.25) is 10.0 Å². The Kier molecular flexibility index (Phi) is 10.1. The van der Waals surface area contributed by atoms with Crippen LogP contribution in [0.1, 0.15) is 43.9 Å². The van der Waals surface area contributed by atoms with Gasteiger partial charge in [-0.15, -0.1) is 0 Å². The number of anilines is 2. The molecule has 2 unspecified atom stereocenters. The first-order valence-corrected chi connectivity index (χ1v) is 17.5. The Balaban J connectivity index is 1.46. The highest BCUT2D eigenvalue weighted by Gasteiger charge is 2.47. The molecule has 0 radical (unpaired) electrons. The van der Waals surface area contributed by atoms with Gasteiger partial charge in [0.25, 0.3) is 0 Å². The summed E-state index contributed by atoms with van der Waals surface area (Å²) in [5, 5.41) is 9.81. The van der Waals surface area contributed by atoms with Gasteiger partial charge in [-0.25, -0.2) is 12.7 Å². The van der Waals surface area contributed by atoms with Crippen LogP contribution < -0.4 is 14.5 Å². The number of sulfonamides is 1. The molecular formula is C32H45ClN8O3S. The van der Waals surface area contributed by atoms with Crippen LogP contribution in [-0.4, -0.2) is 110 Å². The van der Waals surface area contributed by atoms with Crippen molar-refractivity contribution in [2.45, 2.75) is 62.4 Å². The van der Waals surface area contributed by atoms with Gasteiger partial charge < -0.3 is 24.3 Å². The molecule has 1 aromatic heterocycles. The summed E-state index contributed by atoms with van der Waals surface area (Å²) in [6, 6.07) is 10.5. The van der Waals surface area contributed by atoms with Gasteiger partial charge in [0.1, 0.15) is 12.4 Å². The lowest BCUT2D eigenvalue weighted by Crippen LogP contribution is -2.51. The lowest BCUT2D eigenvalue weighted by molar-refractivity contribution is 0.0812. The van der Waals surface area contributed by atoms with Crippen molar-refractivity contribution < 1.29 is 13.2 Å². The van der Waals surface area contributed by atoms with Crippen LogP contribution in [0.2, 0.25) is 5.02 Å². The van der Waals surface area contributed by atoms with Gasteiger partial charge >= 0.3 is 6.01 Å². The number of para-hydroxylation sites is 1. The zero-order valence-corrected chi connectivity index (χ0v) is 28.6. The van der Waals surface area contributed by atoms with Crippen molar-refractivity contribution in [2.75, 3.05) is 70.8 Å². The number of rotatable bonds is 10. The standard InChI is InChI=1S/C32H45ClN8O3S/c1-6-16-39-18-19-41(21-24(39)12-15-34)30-26-13-17-40(29-10-8-7-9-27(29)33)22-28(26)35-31(36-30)44-23-32(37(2)3)14-11-25(20-32)45(42,43)38(4)5/h6-10,16,24-25H,11-14,17-23H2,1-5H3/t24-,25?,32?/m0/s1. The maximum absolute atomic E-state index is 13.0. The second-order valence-corrected chi connectivity index (χ2v) is 15.5. The van der Waals surface area contributed by atoms with Crippen LogP contribution >= 0.6 is 11.6 Å². The smallest absolute Gasteiger partial charge is 0.318 e. The van der Waals surface area contributed by atoms with Crippen molar-refractivity contribution in [3.05, 3.63) is 52.8 Å². The Hall–Kier alpha value is -3.11. The highest BCUT2D eigenvalue weighted by Crippen LogP contribution is 2.39. The Bertz CT molecular complexity index is 1550. The summed E-state index contributed by atoms with van der Waals surface area (Å²) in [5.74, 6) is 0.857. The van der Waals surface area contributed by atoms with Gasteiger partial charge in [0.15, 0.2) is 0 Å². The van der Waals surface area contributed by atoms with E-state index in [2.05, 4.69) is 31.9 Å². The molecule has 11 nitrogen and oxygen atoms in total. The fraction of sp³-hybridized carbons (Fsp3) is 0.594. The highest BCUT2D eigenvalue weighted by atomic mass is 35.5. The Morgan fingerprint density at radius 3 is 2.62 bits per heavy atom. The van der Waals surface area contributed by atoms with E-state index in [1.54, 1.807) is 14.1 Å². The molecule has 45 heavy (non-hydrogen) atoms.